The first-order valence-corrected chi connectivity index (χ1v) is 13.4. The number of aliphatic hydroxyl groups excluding tert-OH is 2. The molecule has 1 amide bonds. The molecule has 0 unspecified atom stereocenters. The van der Waals surface area contributed by atoms with Crippen LogP contribution in [0.25, 0.3) is 0 Å². The van der Waals surface area contributed by atoms with Gasteiger partial charge in [0, 0.05) is 19.0 Å². The highest BCUT2D eigenvalue weighted by molar-refractivity contribution is 7.92. The highest BCUT2D eigenvalue weighted by Crippen LogP contribution is 2.51. The van der Waals surface area contributed by atoms with Crippen LogP contribution in [0.1, 0.15) is 31.4 Å². The monoisotopic (exact) mass is 630 g/mol. The number of nitrogens with zero attached hydrogens (tertiary/aromatic N) is 1. The number of aliphatic hydroxyl groups is 3. The van der Waals surface area contributed by atoms with Gasteiger partial charge in [-0.05, 0) is 55.7 Å². The Morgan fingerprint density at radius 1 is 1.05 bits per heavy atom. The second-order valence-electron chi connectivity index (χ2n) is 8.91. The van der Waals surface area contributed by atoms with Gasteiger partial charge in [-0.15, -0.1) is 12.8 Å². The van der Waals surface area contributed by atoms with Gasteiger partial charge in [-0.1, -0.05) is 12.1 Å². The molecule has 3 rings (SSSR count). The number of sulfonamides is 1. The molecule has 0 spiro atoms. The quantitative estimate of drug-likeness (QED) is 0.287. The summed E-state index contributed by atoms with van der Waals surface area (Å²) < 4.78 is 118. The predicted molar refractivity (Wildman–Crippen MR) is 138 cm³/mol. The van der Waals surface area contributed by atoms with Crippen molar-refractivity contribution in [2.24, 2.45) is 0 Å². The molecule has 0 saturated heterocycles. The lowest BCUT2D eigenvalue weighted by Gasteiger charge is -2.35. The third-order valence-electron chi connectivity index (χ3n) is 5.96. The van der Waals surface area contributed by atoms with E-state index in [1.165, 1.54) is 13.8 Å². The molecular weight excluding hydrogens is 601 g/mol. The highest BCUT2D eigenvalue weighted by atomic mass is 32.2. The fourth-order valence-electron chi connectivity index (χ4n) is 3.84. The number of carbonyl (C=O) groups is 1. The van der Waals surface area contributed by atoms with Gasteiger partial charge in [-0.25, -0.2) is 12.8 Å². The third-order valence-corrected chi connectivity index (χ3v) is 7.79. The van der Waals surface area contributed by atoms with E-state index < -0.39 is 51.5 Å². The average molecular weight is 631 g/mol. The summed E-state index contributed by atoms with van der Waals surface area (Å²) in [4.78, 5) is 10.1. The van der Waals surface area contributed by atoms with Gasteiger partial charge in [-0.3, -0.25) is 9.10 Å². The smallest absolute Gasteiger partial charge is 0.394 e. The number of carbonyl (C=O) groups excluding carboxylic acids is 1. The van der Waals surface area contributed by atoms with Crippen molar-refractivity contribution in [1.82, 2.24) is 5.32 Å². The molecule has 0 aliphatic carbocycles. The number of terminal acetylenes is 1. The number of benzene rings is 2. The lowest BCUT2D eigenvalue weighted by Crippen LogP contribution is -2.54. The standard InChI is InChI=1S/C18H14F7NO3S.C6H13NO3.C2H2/c19-13-4-6-14(7-5-13)30(28,29)26-9-1-2-11-10-12(3-8-15(11)26)16(27,17(20,21)22)18(23,24)25;1-4(9)6(3-8)7-5(2)10;1-2/h3-8,10,27H,1-2,9H2;4,6,8-9H,3H2,1-2H3,(H,7,10);1-2H/t;4-,6+;/m.0./s1. The van der Waals surface area contributed by atoms with Gasteiger partial charge in [0.05, 0.1) is 29.3 Å². The molecule has 2 atom stereocenters. The molecular formula is C26H29F7N2O6S. The average Bonchev–Trinajstić information content (AvgIpc) is 2.90. The summed E-state index contributed by atoms with van der Waals surface area (Å²) in [5, 5.41) is 29.4. The van der Waals surface area contributed by atoms with Crippen molar-refractivity contribution < 1.29 is 59.3 Å². The number of nitrogens with one attached hydrogen (secondary N) is 1. The van der Waals surface area contributed by atoms with E-state index in [9.17, 15) is 49.1 Å². The molecule has 0 bridgehead atoms. The molecule has 2 aromatic rings. The zero-order chi connectivity index (χ0) is 32.7. The van der Waals surface area contributed by atoms with Gasteiger partial charge >= 0.3 is 12.4 Å². The van der Waals surface area contributed by atoms with E-state index in [0.29, 0.717) is 12.1 Å². The fraction of sp³-hybridized carbons (Fsp3) is 0.423. The van der Waals surface area contributed by atoms with Crippen LogP contribution in [0.5, 0.6) is 0 Å². The summed E-state index contributed by atoms with van der Waals surface area (Å²) >= 11 is 0. The van der Waals surface area contributed by atoms with Gasteiger partial charge in [0.25, 0.3) is 15.6 Å². The van der Waals surface area contributed by atoms with Crippen molar-refractivity contribution in [3.8, 4) is 12.8 Å². The van der Waals surface area contributed by atoms with E-state index in [1.54, 1.807) is 0 Å². The Labute approximate surface area is 237 Å². The summed E-state index contributed by atoms with van der Waals surface area (Å²) in [6.45, 7) is 2.54. The maximum atomic E-state index is 13.1. The van der Waals surface area contributed by atoms with Crippen LogP contribution < -0.4 is 9.62 Å². The normalized spacial score (nSPS) is 15.1. The number of amides is 1. The second-order valence-corrected chi connectivity index (χ2v) is 10.8. The Kier molecular flexibility index (Phi) is 12.4. The minimum atomic E-state index is -6.05. The number of fused-ring (bicyclic) bond motifs is 1. The lowest BCUT2D eigenvalue weighted by atomic mass is 9.89. The molecule has 16 heteroatoms. The maximum absolute atomic E-state index is 13.1. The van der Waals surface area contributed by atoms with E-state index >= 15 is 0 Å². The Balaban J connectivity index is 0.000000624. The Bertz CT molecular complexity index is 1310. The largest absolute Gasteiger partial charge is 0.430 e. The zero-order valence-corrected chi connectivity index (χ0v) is 23.1. The van der Waals surface area contributed by atoms with Gasteiger partial charge < -0.3 is 20.6 Å². The summed E-state index contributed by atoms with van der Waals surface area (Å²) in [6, 6.07) is 4.99. The number of rotatable bonds is 6. The molecule has 0 aromatic heterocycles. The Morgan fingerprint density at radius 3 is 1.98 bits per heavy atom. The minimum absolute atomic E-state index is 0.00437. The number of halogens is 7. The van der Waals surface area contributed by atoms with Crippen LogP contribution in [-0.4, -0.2) is 67.3 Å². The number of alkyl halides is 6. The summed E-state index contributed by atoms with van der Waals surface area (Å²) in [6.07, 6.45) is -4.69. The summed E-state index contributed by atoms with van der Waals surface area (Å²) in [7, 11) is -4.24. The molecule has 0 fully saturated rings. The van der Waals surface area contributed by atoms with E-state index in [4.69, 9.17) is 10.2 Å². The van der Waals surface area contributed by atoms with Crippen molar-refractivity contribution >= 4 is 21.6 Å². The number of hydrogen-bond acceptors (Lipinski definition) is 6. The van der Waals surface area contributed by atoms with Crippen molar-refractivity contribution in [2.75, 3.05) is 17.5 Å². The van der Waals surface area contributed by atoms with Gasteiger partial charge in [-0.2, -0.15) is 26.3 Å². The third kappa shape index (κ3) is 8.12. The van der Waals surface area contributed by atoms with Crippen LogP contribution in [0, 0.1) is 18.7 Å². The summed E-state index contributed by atoms with van der Waals surface area (Å²) in [5.41, 5.74) is -6.77. The highest BCUT2D eigenvalue weighted by Gasteiger charge is 2.71. The maximum Gasteiger partial charge on any atom is 0.430 e. The first-order chi connectivity index (χ1) is 19.3. The number of aryl methyl sites for hydroxylation is 1. The number of anilines is 1. The van der Waals surface area contributed by atoms with Crippen LogP contribution in [0.3, 0.4) is 0 Å². The van der Waals surface area contributed by atoms with E-state index in [2.05, 4.69) is 18.2 Å². The van der Waals surface area contributed by atoms with E-state index in [1.807, 2.05) is 0 Å². The Morgan fingerprint density at radius 2 is 1.57 bits per heavy atom. The van der Waals surface area contributed by atoms with E-state index in [0.717, 1.165) is 34.6 Å². The van der Waals surface area contributed by atoms with Crippen LogP contribution in [-0.2, 0) is 26.8 Å². The van der Waals surface area contributed by atoms with Crippen molar-refractivity contribution in [1.29, 1.82) is 0 Å². The SMILES string of the molecule is C#C.CC(=O)N[C@H](CO)[C@H](C)O.O=S(=O)(c1ccc(F)cc1)N1CCCc2cc(C(O)(C(F)(F)F)C(F)(F)F)ccc21. The van der Waals surface area contributed by atoms with Gasteiger partial charge in [0.2, 0.25) is 5.91 Å². The molecule has 1 heterocycles. The van der Waals surface area contributed by atoms with Gasteiger partial charge in [0.15, 0.2) is 0 Å². The lowest BCUT2D eigenvalue weighted by molar-refractivity contribution is -0.376. The number of hydrogen-bond donors (Lipinski definition) is 4. The van der Waals surface area contributed by atoms with Gasteiger partial charge in [0.1, 0.15) is 5.82 Å². The van der Waals surface area contributed by atoms with Crippen molar-refractivity contribution in [3.05, 3.63) is 59.4 Å². The van der Waals surface area contributed by atoms with Crippen molar-refractivity contribution in [2.45, 2.75) is 61.7 Å². The molecule has 0 radical (unpaired) electrons. The molecule has 234 valence electrons. The minimum Gasteiger partial charge on any atom is -0.394 e. The van der Waals surface area contributed by atoms with Crippen LogP contribution in [0.4, 0.5) is 36.4 Å². The van der Waals surface area contributed by atoms with Crippen molar-refractivity contribution in [3.63, 3.8) is 0 Å². The first kappa shape index (κ1) is 36.6. The molecule has 8 nitrogen and oxygen atoms in total. The van der Waals surface area contributed by atoms with Crippen LogP contribution in [0.15, 0.2) is 47.4 Å². The van der Waals surface area contributed by atoms with Crippen LogP contribution in [0.2, 0.25) is 0 Å². The topological polar surface area (TPSA) is 127 Å². The predicted octanol–water partition coefficient (Wildman–Crippen LogP) is 3.39. The second kappa shape index (κ2) is 14.2. The Hall–Kier alpha value is -3.39. The molecule has 0 saturated carbocycles. The fourth-order valence-corrected chi connectivity index (χ4v) is 5.38. The first-order valence-electron chi connectivity index (χ1n) is 11.9. The molecule has 2 aromatic carbocycles. The molecule has 1 aliphatic rings. The molecule has 42 heavy (non-hydrogen) atoms. The zero-order valence-electron chi connectivity index (χ0n) is 22.2. The van der Waals surface area contributed by atoms with Crippen LogP contribution >= 0.6 is 0 Å². The molecule has 1 aliphatic heterocycles. The molecule has 4 N–H and O–H groups in total. The summed E-state index contributed by atoms with van der Waals surface area (Å²) in [5.74, 6) is -0.934. The van der Waals surface area contributed by atoms with E-state index in [-0.39, 0.29) is 48.0 Å².